The van der Waals surface area contributed by atoms with Crippen LogP contribution in [0.5, 0.6) is 0 Å². The summed E-state index contributed by atoms with van der Waals surface area (Å²) in [7, 11) is 0. The van der Waals surface area contributed by atoms with Crippen LogP contribution in [0.15, 0.2) is 253 Å². The number of benzene rings is 12. The zero-order chi connectivity index (χ0) is 43.6. The number of anilines is 3. The maximum Gasteiger partial charge on any atom is 0.159 e. The molecule has 0 aliphatic carbocycles. The first-order valence-electron chi connectivity index (χ1n) is 22.7. The van der Waals surface area contributed by atoms with E-state index < -0.39 is 0 Å². The van der Waals surface area contributed by atoms with Crippen molar-refractivity contribution in [3.05, 3.63) is 249 Å². The van der Waals surface area contributed by atoms with E-state index in [1.807, 2.05) is 0 Å². The van der Waals surface area contributed by atoms with Crippen molar-refractivity contribution in [1.82, 2.24) is 0 Å². The van der Waals surface area contributed by atoms with Gasteiger partial charge in [-0.1, -0.05) is 212 Å². The zero-order valence-electron chi connectivity index (χ0n) is 36.0. The molecule has 0 saturated heterocycles. The van der Waals surface area contributed by atoms with Crippen molar-refractivity contribution in [2.24, 2.45) is 0 Å². The van der Waals surface area contributed by atoms with Gasteiger partial charge in [-0.15, -0.1) is 0 Å². The molecule has 2 heteroatoms. The standard InChI is InChI=1S/C64H41NO/c1-2-18-42(19-3-1)49-39-37-46(41-60(49)52-32-16-23-43-20-4-7-24-47(43)52)65(62-35-17-33-57-58-38-36-44-21-5-9-26-50(44)63(58)66-64(57)62)61-34-15-14-31-56(61)53-28-11-13-30-55(53)59-40-45-22-6-8-25-48(45)51-27-10-12-29-54(51)59/h1-41H. The van der Waals surface area contributed by atoms with Gasteiger partial charge in [0.2, 0.25) is 0 Å². The van der Waals surface area contributed by atoms with Crippen LogP contribution in [0.25, 0.3) is 110 Å². The summed E-state index contributed by atoms with van der Waals surface area (Å²) in [5.74, 6) is 0. The first-order chi connectivity index (χ1) is 32.8. The number of hydrogen-bond donors (Lipinski definition) is 0. The van der Waals surface area contributed by atoms with Gasteiger partial charge in [-0.2, -0.15) is 0 Å². The number of nitrogens with zero attached hydrogens (tertiary/aromatic N) is 1. The maximum atomic E-state index is 7.17. The summed E-state index contributed by atoms with van der Waals surface area (Å²) < 4.78 is 7.17. The van der Waals surface area contributed by atoms with E-state index in [0.717, 1.165) is 66.5 Å². The molecule has 308 valence electrons. The van der Waals surface area contributed by atoms with E-state index in [-0.39, 0.29) is 0 Å². The van der Waals surface area contributed by atoms with Crippen LogP contribution in [0.3, 0.4) is 0 Å². The van der Waals surface area contributed by atoms with Crippen molar-refractivity contribution < 1.29 is 4.42 Å². The van der Waals surface area contributed by atoms with Crippen molar-refractivity contribution in [2.75, 3.05) is 4.90 Å². The molecule has 1 heterocycles. The molecule has 12 aromatic carbocycles. The lowest BCUT2D eigenvalue weighted by Crippen LogP contribution is -2.12. The molecule has 0 bridgehead atoms. The number of hydrogen-bond acceptors (Lipinski definition) is 2. The Bertz CT molecular complexity index is 4010. The molecule has 0 atom stereocenters. The van der Waals surface area contributed by atoms with Gasteiger partial charge in [-0.3, -0.25) is 0 Å². The molecule has 0 amide bonds. The van der Waals surface area contributed by atoms with Gasteiger partial charge in [0.1, 0.15) is 5.58 Å². The Morgan fingerprint density at radius 3 is 1.61 bits per heavy atom. The van der Waals surface area contributed by atoms with E-state index in [1.54, 1.807) is 0 Å². The summed E-state index contributed by atoms with van der Waals surface area (Å²) in [5, 5.41) is 11.8. The SMILES string of the molecule is c1ccc(-c2ccc(N(c3ccccc3-c3ccccc3-c3cc4ccccc4c4ccccc34)c3cccc4c3oc3c5ccccc5ccc43)cc2-c2cccc3ccccc23)cc1. The average Bonchev–Trinajstić information content (AvgIpc) is 3.79. The Hall–Kier alpha value is -8.72. The van der Waals surface area contributed by atoms with Crippen LogP contribution in [0.4, 0.5) is 17.1 Å². The summed E-state index contributed by atoms with van der Waals surface area (Å²) in [6, 6.07) is 90.3. The fourth-order valence-corrected chi connectivity index (χ4v) is 10.4. The van der Waals surface area contributed by atoms with Crippen LogP contribution in [0.1, 0.15) is 0 Å². The van der Waals surface area contributed by atoms with Gasteiger partial charge in [-0.05, 0) is 113 Å². The minimum absolute atomic E-state index is 0.839. The maximum absolute atomic E-state index is 7.17. The smallest absolute Gasteiger partial charge is 0.159 e. The van der Waals surface area contributed by atoms with Gasteiger partial charge >= 0.3 is 0 Å². The van der Waals surface area contributed by atoms with Gasteiger partial charge in [-0.25, -0.2) is 0 Å². The molecular weight excluding hydrogens is 799 g/mol. The highest BCUT2D eigenvalue weighted by atomic mass is 16.3. The van der Waals surface area contributed by atoms with E-state index in [1.165, 1.54) is 60.1 Å². The van der Waals surface area contributed by atoms with E-state index in [2.05, 4.69) is 254 Å². The first kappa shape index (κ1) is 37.8. The molecule has 1 aromatic heterocycles. The lowest BCUT2D eigenvalue weighted by molar-refractivity contribution is 0.673. The molecule has 2 nitrogen and oxygen atoms in total. The minimum atomic E-state index is 0.839. The monoisotopic (exact) mass is 839 g/mol. The Labute approximate surface area is 382 Å². The molecule has 0 unspecified atom stereocenters. The van der Waals surface area contributed by atoms with E-state index in [9.17, 15) is 0 Å². The van der Waals surface area contributed by atoms with Crippen LogP contribution >= 0.6 is 0 Å². The second-order valence-electron chi connectivity index (χ2n) is 17.1. The van der Waals surface area contributed by atoms with Gasteiger partial charge in [0.05, 0.1) is 11.4 Å². The summed E-state index contributed by atoms with van der Waals surface area (Å²) in [6.07, 6.45) is 0. The van der Waals surface area contributed by atoms with Crippen molar-refractivity contribution in [1.29, 1.82) is 0 Å². The largest absolute Gasteiger partial charge is 0.453 e. The highest BCUT2D eigenvalue weighted by Gasteiger charge is 2.25. The molecular formula is C64H41NO. The number of para-hydroxylation sites is 2. The summed E-state index contributed by atoms with van der Waals surface area (Å²) >= 11 is 0. The van der Waals surface area contributed by atoms with Crippen LogP contribution in [-0.2, 0) is 0 Å². The van der Waals surface area contributed by atoms with Crippen molar-refractivity contribution in [3.63, 3.8) is 0 Å². The predicted molar refractivity (Wildman–Crippen MR) is 280 cm³/mol. The fourth-order valence-electron chi connectivity index (χ4n) is 10.4. The summed E-state index contributed by atoms with van der Waals surface area (Å²) in [6.45, 7) is 0. The van der Waals surface area contributed by atoms with Crippen molar-refractivity contribution >= 4 is 82.1 Å². The molecule has 0 aliphatic rings. The quantitative estimate of drug-likeness (QED) is 0.149. The van der Waals surface area contributed by atoms with E-state index in [0.29, 0.717) is 0 Å². The Kier molecular flexibility index (Phi) is 8.89. The average molecular weight is 840 g/mol. The van der Waals surface area contributed by atoms with Crippen LogP contribution in [-0.4, -0.2) is 0 Å². The third kappa shape index (κ3) is 6.11. The summed E-state index contributed by atoms with van der Waals surface area (Å²) in [5.41, 5.74) is 14.1. The lowest BCUT2D eigenvalue weighted by Gasteiger charge is -2.29. The normalized spacial score (nSPS) is 11.6. The molecule has 66 heavy (non-hydrogen) atoms. The Morgan fingerprint density at radius 1 is 0.242 bits per heavy atom. The number of furan rings is 1. The first-order valence-corrected chi connectivity index (χ1v) is 22.7. The molecule has 0 radical (unpaired) electrons. The topological polar surface area (TPSA) is 16.4 Å². The second-order valence-corrected chi connectivity index (χ2v) is 17.1. The van der Waals surface area contributed by atoms with Gasteiger partial charge < -0.3 is 9.32 Å². The third-order valence-corrected chi connectivity index (χ3v) is 13.5. The summed E-state index contributed by atoms with van der Waals surface area (Å²) in [4.78, 5) is 2.43. The molecule has 0 spiro atoms. The van der Waals surface area contributed by atoms with Crippen LogP contribution < -0.4 is 4.90 Å². The Morgan fingerprint density at radius 2 is 0.788 bits per heavy atom. The molecule has 0 saturated carbocycles. The van der Waals surface area contributed by atoms with Crippen LogP contribution in [0.2, 0.25) is 0 Å². The molecule has 0 N–H and O–H groups in total. The third-order valence-electron chi connectivity index (χ3n) is 13.5. The van der Waals surface area contributed by atoms with Crippen LogP contribution in [0, 0.1) is 0 Å². The second kappa shape index (κ2) is 15.5. The zero-order valence-corrected chi connectivity index (χ0v) is 36.0. The molecule has 0 aliphatic heterocycles. The molecule has 0 fully saturated rings. The van der Waals surface area contributed by atoms with Crippen molar-refractivity contribution in [2.45, 2.75) is 0 Å². The minimum Gasteiger partial charge on any atom is -0.453 e. The Balaban J connectivity index is 1.11. The van der Waals surface area contributed by atoms with Crippen molar-refractivity contribution in [3.8, 4) is 44.5 Å². The molecule has 13 aromatic rings. The highest BCUT2D eigenvalue weighted by Crippen LogP contribution is 2.50. The van der Waals surface area contributed by atoms with Gasteiger partial charge in [0.25, 0.3) is 0 Å². The van der Waals surface area contributed by atoms with E-state index in [4.69, 9.17) is 4.42 Å². The fraction of sp³-hybridized carbons (Fsp3) is 0. The van der Waals surface area contributed by atoms with Gasteiger partial charge in [0.15, 0.2) is 5.58 Å². The highest BCUT2D eigenvalue weighted by molar-refractivity contribution is 6.19. The van der Waals surface area contributed by atoms with Gasteiger partial charge in [0, 0.05) is 27.4 Å². The predicted octanol–water partition coefficient (Wildman–Crippen LogP) is 18.3. The van der Waals surface area contributed by atoms with E-state index >= 15 is 0 Å². The lowest BCUT2D eigenvalue weighted by atomic mass is 9.88. The molecule has 13 rings (SSSR count). The number of rotatable bonds is 7. The number of fused-ring (bicyclic) bond motifs is 9.